The second-order valence-corrected chi connectivity index (χ2v) is 10.8. The molecule has 1 aliphatic heterocycles. The fourth-order valence-corrected chi connectivity index (χ4v) is 5.36. The van der Waals surface area contributed by atoms with Crippen LogP contribution in [-0.2, 0) is 20.9 Å². The SMILES string of the molecule is CC(C)/N=C1\SC(c2ccc(NC(=O)[C@H](C)NC(=O)[C@@H](C)c3ccccc3)cc2)C(=O)N1Cc1ccccn1. The second-order valence-electron chi connectivity index (χ2n) is 9.72. The summed E-state index contributed by atoms with van der Waals surface area (Å²) in [6.45, 7) is 7.78. The lowest BCUT2D eigenvalue weighted by atomic mass is 10.0. The molecule has 0 radical (unpaired) electrons. The molecule has 3 atom stereocenters. The van der Waals surface area contributed by atoms with Gasteiger partial charge in [-0.2, -0.15) is 0 Å². The summed E-state index contributed by atoms with van der Waals surface area (Å²) in [5.41, 5.74) is 3.08. The molecule has 39 heavy (non-hydrogen) atoms. The number of aliphatic imine (C=N–C) groups is 1. The summed E-state index contributed by atoms with van der Waals surface area (Å²) in [5.74, 6) is -0.963. The van der Waals surface area contributed by atoms with Crippen LogP contribution in [0, 0.1) is 0 Å². The number of anilines is 1. The van der Waals surface area contributed by atoms with E-state index in [1.165, 1.54) is 11.8 Å². The predicted molar refractivity (Wildman–Crippen MR) is 155 cm³/mol. The van der Waals surface area contributed by atoms with Crippen molar-refractivity contribution in [3.8, 4) is 0 Å². The molecule has 0 bridgehead atoms. The van der Waals surface area contributed by atoms with Crippen molar-refractivity contribution < 1.29 is 14.4 Å². The van der Waals surface area contributed by atoms with Gasteiger partial charge in [-0.3, -0.25) is 29.3 Å². The number of rotatable bonds is 9. The Morgan fingerprint density at radius 2 is 1.64 bits per heavy atom. The molecule has 0 aliphatic carbocycles. The Morgan fingerprint density at radius 3 is 2.28 bits per heavy atom. The second kappa shape index (κ2) is 12.7. The van der Waals surface area contributed by atoms with Crippen LogP contribution in [0.1, 0.15) is 55.7 Å². The number of nitrogens with zero attached hydrogens (tertiary/aromatic N) is 3. The maximum atomic E-state index is 13.4. The van der Waals surface area contributed by atoms with Crippen molar-refractivity contribution in [2.75, 3.05) is 5.32 Å². The molecule has 202 valence electrons. The van der Waals surface area contributed by atoms with Gasteiger partial charge in [0.05, 0.1) is 18.2 Å². The van der Waals surface area contributed by atoms with E-state index in [9.17, 15) is 14.4 Å². The number of benzene rings is 2. The van der Waals surface area contributed by atoms with Crippen LogP contribution in [0.4, 0.5) is 5.69 Å². The zero-order valence-electron chi connectivity index (χ0n) is 22.5. The third kappa shape index (κ3) is 7.11. The van der Waals surface area contributed by atoms with Crippen LogP contribution in [0.25, 0.3) is 0 Å². The van der Waals surface area contributed by atoms with Crippen molar-refractivity contribution in [1.29, 1.82) is 0 Å². The van der Waals surface area contributed by atoms with Crippen LogP contribution in [0.3, 0.4) is 0 Å². The molecule has 3 aromatic rings. The number of nitrogens with one attached hydrogen (secondary N) is 2. The van der Waals surface area contributed by atoms with Crippen LogP contribution in [0.5, 0.6) is 0 Å². The van der Waals surface area contributed by atoms with Gasteiger partial charge in [-0.15, -0.1) is 0 Å². The number of hydrogen-bond donors (Lipinski definition) is 2. The largest absolute Gasteiger partial charge is 0.344 e. The molecule has 2 aromatic carbocycles. The zero-order valence-corrected chi connectivity index (χ0v) is 23.3. The van der Waals surface area contributed by atoms with E-state index in [0.717, 1.165) is 16.8 Å². The van der Waals surface area contributed by atoms with Crippen molar-refractivity contribution >= 4 is 40.3 Å². The van der Waals surface area contributed by atoms with Crippen molar-refractivity contribution in [3.63, 3.8) is 0 Å². The molecular weight excluding hydrogens is 510 g/mol. The van der Waals surface area contributed by atoms with Gasteiger partial charge in [-0.1, -0.05) is 60.3 Å². The molecule has 1 aliphatic rings. The minimum absolute atomic E-state index is 0.0426. The first-order valence-electron chi connectivity index (χ1n) is 12.9. The first kappa shape index (κ1) is 28.0. The topological polar surface area (TPSA) is 104 Å². The first-order valence-corrected chi connectivity index (χ1v) is 13.8. The van der Waals surface area contributed by atoms with Gasteiger partial charge in [-0.05, 0) is 63.1 Å². The maximum Gasteiger partial charge on any atom is 0.247 e. The number of carbonyl (C=O) groups is 3. The average Bonchev–Trinajstić information content (AvgIpc) is 3.23. The summed E-state index contributed by atoms with van der Waals surface area (Å²) in [6, 6.07) is 21.6. The van der Waals surface area contributed by atoms with Crippen LogP contribution >= 0.6 is 11.8 Å². The van der Waals surface area contributed by atoms with Crippen LogP contribution in [-0.4, -0.2) is 44.9 Å². The summed E-state index contributed by atoms with van der Waals surface area (Å²) in [4.78, 5) is 49.5. The van der Waals surface area contributed by atoms with Gasteiger partial charge in [0.25, 0.3) is 0 Å². The summed E-state index contributed by atoms with van der Waals surface area (Å²) >= 11 is 1.42. The lowest BCUT2D eigenvalue weighted by Gasteiger charge is -2.18. The van der Waals surface area contributed by atoms with Crippen molar-refractivity contribution in [1.82, 2.24) is 15.2 Å². The maximum absolute atomic E-state index is 13.4. The van der Waals surface area contributed by atoms with Gasteiger partial charge < -0.3 is 10.6 Å². The number of hydrogen-bond acceptors (Lipinski definition) is 6. The Bertz CT molecular complexity index is 1330. The summed E-state index contributed by atoms with van der Waals surface area (Å²) in [5, 5.41) is 5.87. The molecule has 0 spiro atoms. The van der Waals surface area contributed by atoms with Crippen LogP contribution in [0.15, 0.2) is 84.0 Å². The Balaban J connectivity index is 1.39. The van der Waals surface area contributed by atoms with E-state index in [-0.39, 0.29) is 29.7 Å². The summed E-state index contributed by atoms with van der Waals surface area (Å²) < 4.78 is 0. The van der Waals surface area contributed by atoms with E-state index in [1.54, 1.807) is 30.2 Å². The number of amidine groups is 1. The monoisotopic (exact) mass is 543 g/mol. The van der Waals surface area contributed by atoms with Crippen LogP contribution in [0.2, 0.25) is 0 Å². The van der Waals surface area contributed by atoms with Crippen LogP contribution < -0.4 is 10.6 Å². The highest BCUT2D eigenvalue weighted by Gasteiger charge is 2.39. The van der Waals surface area contributed by atoms with Gasteiger partial charge in [0.2, 0.25) is 17.7 Å². The lowest BCUT2D eigenvalue weighted by molar-refractivity contribution is -0.127. The number of pyridine rings is 1. The molecule has 2 heterocycles. The normalized spacial score (nSPS) is 17.8. The third-order valence-corrected chi connectivity index (χ3v) is 7.53. The molecule has 3 amide bonds. The fraction of sp³-hybridized carbons (Fsp3) is 0.300. The standard InChI is InChI=1S/C30H33N5O3S/c1-19(2)32-30-35(18-25-12-8-9-17-31-25)29(38)26(39-30)23-13-15-24(16-14-23)34-28(37)21(4)33-27(36)20(3)22-10-6-5-7-11-22/h5-17,19-21,26H,18H2,1-4H3,(H,33,36)(H,34,37)/b32-30-/t20-,21-,26?/m0/s1. The van der Waals surface area contributed by atoms with Gasteiger partial charge in [-0.25, -0.2) is 0 Å². The fourth-order valence-electron chi connectivity index (χ4n) is 4.07. The number of amides is 3. The Kier molecular flexibility index (Phi) is 9.14. The van der Waals surface area contributed by atoms with Gasteiger partial charge >= 0.3 is 0 Å². The zero-order chi connectivity index (χ0) is 27.9. The molecule has 1 unspecified atom stereocenters. The van der Waals surface area contributed by atoms with E-state index in [0.29, 0.717) is 17.4 Å². The molecule has 2 N–H and O–H groups in total. The average molecular weight is 544 g/mol. The molecule has 1 aromatic heterocycles. The highest BCUT2D eigenvalue weighted by Crippen LogP contribution is 2.40. The quantitative estimate of drug-likeness (QED) is 0.399. The van der Waals surface area contributed by atoms with Gasteiger partial charge in [0, 0.05) is 17.9 Å². The molecule has 9 heteroatoms. The van der Waals surface area contributed by atoms with E-state index in [2.05, 4.69) is 20.6 Å². The molecule has 8 nitrogen and oxygen atoms in total. The summed E-state index contributed by atoms with van der Waals surface area (Å²) in [6.07, 6.45) is 1.71. The first-order chi connectivity index (χ1) is 18.7. The molecule has 4 rings (SSSR count). The molecular formula is C30H33N5O3S. The lowest BCUT2D eigenvalue weighted by Crippen LogP contribution is -2.43. The minimum Gasteiger partial charge on any atom is -0.344 e. The van der Waals surface area contributed by atoms with E-state index in [1.807, 2.05) is 81.4 Å². The van der Waals surface area contributed by atoms with Crippen molar-refractivity contribution in [3.05, 3.63) is 95.8 Å². The Labute approximate surface area is 233 Å². The van der Waals surface area contributed by atoms with Crippen molar-refractivity contribution in [2.45, 2.75) is 57.5 Å². The molecule has 0 saturated carbocycles. The number of aromatic nitrogens is 1. The van der Waals surface area contributed by atoms with Gasteiger partial charge in [0.15, 0.2) is 5.17 Å². The minimum atomic E-state index is -0.717. The highest BCUT2D eigenvalue weighted by atomic mass is 32.2. The third-order valence-electron chi connectivity index (χ3n) is 6.29. The van der Waals surface area contributed by atoms with E-state index < -0.39 is 11.3 Å². The molecule has 1 saturated heterocycles. The predicted octanol–water partition coefficient (Wildman–Crippen LogP) is 4.91. The highest BCUT2D eigenvalue weighted by molar-refractivity contribution is 8.15. The summed E-state index contributed by atoms with van der Waals surface area (Å²) in [7, 11) is 0. The van der Waals surface area contributed by atoms with E-state index in [4.69, 9.17) is 0 Å². The molecule has 1 fully saturated rings. The number of carbonyl (C=O) groups excluding carboxylic acids is 3. The smallest absolute Gasteiger partial charge is 0.247 e. The number of thioether (sulfide) groups is 1. The van der Waals surface area contributed by atoms with Crippen molar-refractivity contribution in [2.24, 2.45) is 4.99 Å². The Morgan fingerprint density at radius 1 is 0.949 bits per heavy atom. The van der Waals surface area contributed by atoms with Gasteiger partial charge in [0.1, 0.15) is 11.3 Å². The van der Waals surface area contributed by atoms with E-state index >= 15 is 0 Å². The Hall–Kier alpha value is -3.98.